The Balaban J connectivity index is 1.86. The summed E-state index contributed by atoms with van der Waals surface area (Å²) in [4.78, 5) is 12.0. The first-order valence-electron chi connectivity index (χ1n) is 6.90. The third-order valence-corrected chi connectivity index (χ3v) is 4.18. The van der Waals surface area contributed by atoms with Gasteiger partial charge in [-0.1, -0.05) is 46.3 Å². The monoisotopic (exact) mass is 346 g/mol. The van der Waals surface area contributed by atoms with Crippen LogP contribution < -0.4 is 10.6 Å². The molecular formula is C17H19BrN2O. The van der Waals surface area contributed by atoms with Crippen molar-refractivity contribution in [2.45, 2.75) is 19.9 Å². The topological polar surface area (TPSA) is 41.1 Å². The lowest BCUT2D eigenvalue weighted by molar-refractivity contribution is -0.120. The molecule has 0 bridgehead atoms. The third kappa shape index (κ3) is 4.60. The minimum atomic E-state index is -0.0214. The highest BCUT2D eigenvalue weighted by Crippen LogP contribution is 2.19. The minimum Gasteiger partial charge on any atom is -0.376 e. The van der Waals surface area contributed by atoms with E-state index in [4.69, 9.17) is 0 Å². The summed E-state index contributed by atoms with van der Waals surface area (Å²) >= 11 is 3.46. The molecule has 0 saturated carbocycles. The number of benzene rings is 2. The Morgan fingerprint density at radius 3 is 2.57 bits per heavy atom. The highest BCUT2D eigenvalue weighted by atomic mass is 79.9. The van der Waals surface area contributed by atoms with Gasteiger partial charge in [-0.05, 0) is 43.2 Å². The lowest BCUT2D eigenvalue weighted by Gasteiger charge is -2.15. The van der Waals surface area contributed by atoms with Gasteiger partial charge in [0.1, 0.15) is 0 Å². The lowest BCUT2D eigenvalue weighted by atomic mass is 10.1. The quantitative estimate of drug-likeness (QED) is 0.857. The van der Waals surface area contributed by atoms with Gasteiger partial charge in [0, 0.05) is 10.2 Å². The molecule has 0 radical (unpaired) electrons. The molecule has 0 saturated heterocycles. The SMILES string of the molecule is Cc1cc(NCC(=O)NC(C)c2ccccc2)ccc1Br. The Hall–Kier alpha value is -1.81. The number of nitrogens with one attached hydrogen (secondary N) is 2. The summed E-state index contributed by atoms with van der Waals surface area (Å²) in [5.74, 6) is -0.0214. The normalized spacial score (nSPS) is 11.8. The van der Waals surface area contributed by atoms with Crippen LogP contribution in [0.1, 0.15) is 24.1 Å². The molecule has 0 fully saturated rings. The van der Waals surface area contributed by atoms with Gasteiger partial charge in [0.2, 0.25) is 5.91 Å². The Bertz CT molecular complexity index is 613. The predicted octanol–water partition coefficient (Wildman–Crippen LogP) is 4.05. The summed E-state index contributed by atoms with van der Waals surface area (Å²) < 4.78 is 1.07. The van der Waals surface area contributed by atoms with E-state index in [1.54, 1.807) is 0 Å². The largest absolute Gasteiger partial charge is 0.376 e. The first kappa shape index (κ1) is 15.6. The van der Waals surface area contributed by atoms with Crippen LogP contribution in [0.15, 0.2) is 53.0 Å². The zero-order chi connectivity index (χ0) is 15.2. The van der Waals surface area contributed by atoms with Crippen LogP contribution >= 0.6 is 15.9 Å². The second-order valence-electron chi connectivity index (χ2n) is 5.02. The molecule has 2 aromatic rings. The standard InChI is InChI=1S/C17H19BrN2O/c1-12-10-15(8-9-16(12)18)19-11-17(21)20-13(2)14-6-4-3-5-7-14/h3-10,13,19H,11H2,1-2H3,(H,20,21). The van der Waals surface area contributed by atoms with Crippen molar-refractivity contribution in [3.63, 3.8) is 0 Å². The molecule has 2 aromatic carbocycles. The van der Waals surface area contributed by atoms with E-state index in [0.29, 0.717) is 0 Å². The first-order chi connectivity index (χ1) is 10.1. The van der Waals surface area contributed by atoms with Crippen molar-refractivity contribution in [1.29, 1.82) is 0 Å². The second kappa shape index (κ2) is 7.27. The molecule has 0 aliphatic rings. The van der Waals surface area contributed by atoms with E-state index in [1.165, 1.54) is 0 Å². The Kier molecular flexibility index (Phi) is 5.39. The molecule has 21 heavy (non-hydrogen) atoms. The van der Waals surface area contributed by atoms with E-state index < -0.39 is 0 Å². The summed E-state index contributed by atoms with van der Waals surface area (Å²) in [5, 5.41) is 6.12. The highest BCUT2D eigenvalue weighted by molar-refractivity contribution is 9.10. The van der Waals surface area contributed by atoms with E-state index in [0.717, 1.165) is 21.3 Å². The number of rotatable bonds is 5. The summed E-state index contributed by atoms with van der Waals surface area (Å²) in [7, 11) is 0. The van der Waals surface area contributed by atoms with Gasteiger partial charge in [-0.3, -0.25) is 4.79 Å². The van der Waals surface area contributed by atoms with Gasteiger partial charge in [-0.15, -0.1) is 0 Å². The smallest absolute Gasteiger partial charge is 0.239 e. The Labute approximate surface area is 133 Å². The van der Waals surface area contributed by atoms with Crippen molar-refractivity contribution in [2.24, 2.45) is 0 Å². The van der Waals surface area contributed by atoms with Crippen LogP contribution in [-0.2, 0) is 4.79 Å². The molecule has 1 unspecified atom stereocenters. The van der Waals surface area contributed by atoms with Gasteiger partial charge < -0.3 is 10.6 Å². The molecule has 0 aliphatic carbocycles. The molecule has 2 N–H and O–H groups in total. The van der Waals surface area contributed by atoms with Crippen LogP contribution in [0.2, 0.25) is 0 Å². The van der Waals surface area contributed by atoms with Gasteiger partial charge in [-0.2, -0.15) is 0 Å². The van der Waals surface area contributed by atoms with Gasteiger partial charge in [0.25, 0.3) is 0 Å². The fourth-order valence-electron chi connectivity index (χ4n) is 2.05. The Morgan fingerprint density at radius 2 is 1.90 bits per heavy atom. The van der Waals surface area contributed by atoms with Crippen LogP contribution in [0.5, 0.6) is 0 Å². The van der Waals surface area contributed by atoms with Crippen LogP contribution in [-0.4, -0.2) is 12.5 Å². The molecule has 2 rings (SSSR count). The van der Waals surface area contributed by atoms with Crippen LogP contribution in [0.4, 0.5) is 5.69 Å². The number of aryl methyl sites for hydroxylation is 1. The minimum absolute atomic E-state index is 0.00662. The summed E-state index contributed by atoms with van der Waals surface area (Å²) in [6, 6.07) is 15.9. The zero-order valence-corrected chi connectivity index (χ0v) is 13.8. The van der Waals surface area contributed by atoms with Crippen molar-refractivity contribution in [1.82, 2.24) is 5.32 Å². The second-order valence-corrected chi connectivity index (χ2v) is 5.87. The van der Waals surface area contributed by atoms with Gasteiger partial charge in [0.05, 0.1) is 12.6 Å². The lowest BCUT2D eigenvalue weighted by Crippen LogP contribution is -2.32. The molecule has 110 valence electrons. The summed E-state index contributed by atoms with van der Waals surface area (Å²) in [6.45, 7) is 4.27. The van der Waals surface area contributed by atoms with Gasteiger partial charge >= 0.3 is 0 Å². The number of halogens is 1. The summed E-state index contributed by atoms with van der Waals surface area (Å²) in [5.41, 5.74) is 3.18. The van der Waals surface area contributed by atoms with E-state index in [2.05, 4.69) is 26.6 Å². The third-order valence-electron chi connectivity index (χ3n) is 3.29. The molecule has 4 heteroatoms. The van der Waals surface area contributed by atoms with Crippen LogP contribution in [0.3, 0.4) is 0 Å². The van der Waals surface area contributed by atoms with Gasteiger partial charge in [0.15, 0.2) is 0 Å². The van der Waals surface area contributed by atoms with E-state index in [9.17, 15) is 4.79 Å². The molecular weight excluding hydrogens is 328 g/mol. The number of amides is 1. The molecule has 0 aromatic heterocycles. The fourth-order valence-corrected chi connectivity index (χ4v) is 2.30. The first-order valence-corrected chi connectivity index (χ1v) is 7.70. The molecule has 1 amide bonds. The average Bonchev–Trinajstić information content (AvgIpc) is 2.49. The van der Waals surface area contributed by atoms with Crippen molar-refractivity contribution >= 4 is 27.5 Å². The number of carbonyl (C=O) groups is 1. The number of anilines is 1. The fraction of sp³-hybridized carbons (Fsp3) is 0.235. The number of hydrogen-bond acceptors (Lipinski definition) is 2. The summed E-state index contributed by atoms with van der Waals surface area (Å²) in [6.07, 6.45) is 0. The molecule has 0 spiro atoms. The van der Waals surface area contributed by atoms with Crippen molar-refractivity contribution in [3.8, 4) is 0 Å². The highest BCUT2D eigenvalue weighted by Gasteiger charge is 2.08. The molecule has 0 aliphatic heterocycles. The van der Waals surface area contributed by atoms with Crippen molar-refractivity contribution < 1.29 is 4.79 Å². The number of carbonyl (C=O) groups excluding carboxylic acids is 1. The van der Waals surface area contributed by atoms with Crippen molar-refractivity contribution in [2.75, 3.05) is 11.9 Å². The van der Waals surface area contributed by atoms with Crippen LogP contribution in [0, 0.1) is 6.92 Å². The maximum absolute atomic E-state index is 12.0. The zero-order valence-electron chi connectivity index (χ0n) is 12.2. The number of hydrogen-bond donors (Lipinski definition) is 2. The van der Waals surface area contributed by atoms with E-state index >= 15 is 0 Å². The average molecular weight is 347 g/mol. The molecule has 1 atom stereocenters. The van der Waals surface area contributed by atoms with Crippen molar-refractivity contribution in [3.05, 3.63) is 64.1 Å². The predicted molar refractivity (Wildman–Crippen MR) is 90.4 cm³/mol. The van der Waals surface area contributed by atoms with E-state index in [-0.39, 0.29) is 18.5 Å². The molecule has 3 nitrogen and oxygen atoms in total. The van der Waals surface area contributed by atoms with Crippen LogP contribution in [0.25, 0.3) is 0 Å². The van der Waals surface area contributed by atoms with Gasteiger partial charge in [-0.25, -0.2) is 0 Å². The van der Waals surface area contributed by atoms with E-state index in [1.807, 2.05) is 62.4 Å². The maximum Gasteiger partial charge on any atom is 0.239 e. The molecule has 0 heterocycles. The maximum atomic E-state index is 12.0. The Morgan fingerprint density at radius 1 is 1.19 bits per heavy atom.